The predicted molar refractivity (Wildman–Crippen MR) is 140 cm³/mol. The lowest BCUT2D eigenvalue weighted by molar-refractivity contribution is -0.165. The maximum Gasteiger partial charge on any atom is 0.310 e. The molecule has 1 aromatic rings. The fraction of sp³-hybridized carbons (Fsp3) is 0.538. The van der Waals surface area contributed by atoms with E-state index in [0.29, 0.717) is 12.0 Å². The lowest BCUT2D eigenvalue weighted by Gasteiger charge is -2.47. The highest BCUT2D eigenvalue weighted by Crippen LogP contribution is 2.26. The minimum atomic E-state index is -3.68. The molecule has 5 atom stereocenters. The maximum absolute atomic E-state index is 13.9. The molecule has 0 radical (unpaired) electrons. The van der Waals surface area contributed by atoms with Gasteiger partial charge in [-0.2, -0.15) is 4.31 Å². The fourth-order valence-corrected chi connectivity index (χ4v) is 6.17. The second-order valence-corrected chi connectivity index (χ2v) is 11.9. The summed E-state index contributed by atoms with van der Waals surface area (Å²) in [5.74, 6) is -2.25. The molecule has 39 heavy (non-hydrogen) atoms. The molecule has 212 valence electrons. The van der Waals surface area contributed by atoms with Crippen molar-refractivity contribution in [3.05, 3.63) is 48.0 Å². The van der Waals surface area contributed by atoms with Crippen LogP contribution in [0.25, 0.3) is 0 Å². The Morgan fingerprint density at radius 2 is 1.77 bits per heavy atom. The monoisotopic (exact) mass is 562 g/mol. The zero-order valence-corrected chi connectivity index (χ0v) is 22.8. The number of benzene rings is 1. The van der Waals surface area contributed by atoms with Gasteiger partial charge in [-0.15, -0.1) is 0 Å². The van der Waals surface area contributed by atoms with E-state index in [2.05, 4.69) is 10.6 Å². The standard InChI is InChI=1S/C26H34N4O8S/c1-3-37-26-20(14-22(31)38-26)28-24(33)21-16-29(39(35,36)4-2)15-18-12-8-9-13-19(25(34)30(18)21)27-23(32)17-10-6-5-7-11-17/h5-11,18-21,26H,3-4,12-16H2,1-2H3,(H,27,32)(H,28,33)/b9-8-/t18-,19-,20?,21-,26?/m0/s1. The molecular weight excluding hydrogens is 528 g/mol. The lowest BCUT2D eigenvalue weighted by atomic mass is 9.97. The van der Waals surface area contributed by atoms with Gasteiger partial charge in [0.05, 0.1) is 12.2 Å². The highest BCUT2D eigenvalue weighted by atomic mass is 32.2. The van der Waals surface area contributed by atoms with E-state index in [4.69, 9.17) is 9.47 Å². The van der Waals surface area contributed by atoms with Crippen molar-refractivity contribution >= 4 is 33.7 Å². The van der Waals surface area contributed by atoms with Crippen LogP contribution in [-0.4, -0.2) is 97.2 Å². The molecule has 3 amide bonds. The summed E-state index contributed by atoms with van der Waals surface area (Å²) in [5, 5.41) is 5.52. The van der Waals surface area contributed by atoms with Crippen molar-refractivity contribution in [2.45, 2.75) is 63.6 Å². The van der Waals surface area contributed by atoms with Crippen molar-refractivity contribution < 1.29 is 37.1 Å². The van der Waals surface area contributed by atoms with Crippen LogP contribution in [0.5, 0.6) is 0 Å². The molecule has 2 N–H and O–H groups in total. The lowest BCUT2D eigenvalue weighted by Crippen LogP contribution is -2.68. The van der Waals surface area contributed by atoms with Gasteiger partial charge in [-0.3, -0.25) is 19.2 Å². The Bertz CT molecular complexity index is 1220. The highest BCUT2D eigenvalue weighted by molar-refractivity contribution is 7.89. The number of nitrogens with one attached hydrogen (secondary N) is 2. The molecule has 0 aliphatic carbocycles. The number of carbonyl (C=O) groups is 4. The number of amides is 3. The smallest absolute Gasteiger partial charge is 0.310 e. The Labute approximate surface area is 227 Å². The van der Waals surface area contributed by atoms with Gasteiger partial charge in [-0.1, -0.05) is 30.4 Å². The van der Waals surface area contributed by atoms with Crippen molar-refractivity contribution in [1.29, 1.82) is 0 Å². The van der Waals surface area contributed by atoms with E-state index in [1.807, 2.05) is 6.08 Å². The van der Waals surface area contributed by atoms with Crippen molar-refractivity contribution in [1.82, 2.24) is 19.8 Å². The van der Waals surface area contributed by atoms with E-state index in [9.17, 15) is 27.6 Å². The molecule has 0 bridgehead atoms. The second kappa shape index (κ2) is 12.3. The molecule has 0 saturated carbocycles. The molecule has 3 aliphatic heterocycles. The molecule has 2 unspecified atom stereocenters. The average Bonchev–Trinajstić information content (AvgIpc) is 3.27. The normalized spacial score (nSPS) is 28.6. The Balaban J connectivity index is 1.63. The number of esters is 1. The topological polar surface area (TPSA) is 151 Å². The van der Waals surface area contributed by atoms with Gasteiger partial charge >= 0.3 is 5.97 Å². The number of cyclic esters (lactones) is 1. The van der Waals surface area contributed by atoms with Gasteiger partial charge in [0.25, 0.3) is 5.91 Å². The quantitative estimate of drug-likeness (QED) is 0.336. The third-order valence-corrected chi connectivity index (χ3v) is 8.86. The van der Waals surface area contributed by atoms with Crippen LogP contribution in [0.15, 0.2) is 42.5 Å². The molecule has 3 aliphatic rings. The van der Waals surface area contributed by atoms with Gasteiger partial charge in [0.1, 0.15) is 18.1 Å². The first-order valence-corrected chi connectivity index (χ1v) is 14.7. The molecule has 0 spiro atoms. The van der Waals surface area contributed by atoms with Gasteiger partial charge < -0.3 is 25.0 Å². The Morgan fingerprint density at radius 1 is 1.05 bits per heavy atom. The second-order valence-electron chi connectivity index (χ2n) is 9.60. The van der Waals surface area contributed by atoms with E-state index >= 15 is 0 Å². The largest absolute Gasteiger partial charge is 0.433 e. The first-order chi connectivity index (χ1) is 18.6. The molecule has 12 nitrogen and oxygen atoms in total. The van der Waals surface area contributed by atoms with Crippen molar-refractivity contribution in [3.63, 3.8) is 0 Å². The summed E-state index contributed by atoms with van der Waals surface area (Å²) in [6.45, 7) is 3.25. The van der Waals surface area contributed by atoms with Crippen LogP contribution in [-0.2, 0) is 33.9 Å². The van der Waals surface area contributed by atoms with Crippen LogP contribution >= 0.6 is 0 Å². The SMILES string of the molecule is CCOC1OC(=O)CC1NC(=O)[C@@H]1CN(S(=O)(=O)CC)C[C@@H]2C/C=C\C[C@H](NC(=O)c3ccccc3)C(=O)N21. The summed E-state index contributed by atoms with van der Waals surface area (Å²) in [6, 6.07) is 4.87. The van der Waals surface area contributed by atoms with Gasteiger partial charge in [-0.25, -0.2) is 8.42 Å². The number of piperazine rings is 1. The van der Waals surface area contributed by atoms with Crippen LogP contribution in [0.3, 0.4) is 0 Å². The first kappa shape index (κ1) is 28.7. The van der Waals surface area contributed by atoms with Crippen LogP contribution in [0.1, 0.15) is 43.5 Å². The van der Waals surface area contributed by atoms with Gasteiger partial charge in [0.2, 0.25) is 28.1 Å². The molecule has 0 aromatic heterocycles. The van der Waals surface area contributed by atoms with E-state index in [1.165, 1.54) is 16.1 Å². The zero-order chi connectivity index (χ0) is 28.2. The summed E-state index contributed by atoms with van der Waals surface area (Å²) in [6.07, 6.45) is 3.06. The van der Waals surface area contributed by atoms with Crippen LogP contribution in [0.2, 0.25) is 0 Å². The number of sulfonamides is 1. The van der Waals surface area contributed by atoms with E-state index in [1.54, 1.807) is 43.3 Å². The molecule has 3 heterocycles. The van der Waals surface area contributed by atoms with E-state index < -0.39 is 64.2 Å². The van der Waals surface area contributed by atoms with Crippen LogP contribution in [0, 0.1) is 0 Å². The predicted octanol–water partition coefficient (Wildman–Crippen LogP) is 0.160. The van der Waals surface area contributed by atoms with E-state index in [0.717, 1.165) is 0 Å². The molecule has 13 heteroatoms. The van der Waals surface area contributed by atoms with Gasteiger partial charge in [-0.05, 0) is 38.8 Å². The van der Waals surface area contributed by atoms with Crippen LogP contribution < -0.4 is 10.6 Å². The van der Waals surface area contributed by atoms with Crippen LogP contribution in [0.4, 0.5) is 0 Å². The number of fused-ring (bicyclic) bond motifs is 1. The third-order valence-electron chi connectivity index (χ3n) is 7.04. The maximum atomic E-state index is 13.9. The van der Waals surface area contributed by atoms with Gasteiger partial charge in [0.15, 0.2) is 0 Å². The summed E-state index contributed by atoms with van der Waals surface area (Å²) < 4.78 is 37.5. The number of carbonyl (C=O) groups excluding carboxylic acids is 4. The number of ether oxygens (including phenoxy) is 2. The van der Waals surface area contributed by atoms with Crippen molar-refractivity contribution in [2.75, 3.05) is 25.4 Å². The summed E-state index contributed by atoms with van der Waals surface area (Å²) in [7, 11) is -3.68. The zero-order valence-electron chi connectivity index (χ0n) is 21.9. The molecule has 1 aromatic carbocycles. The minimum Gasteiger partial charge on any atom is -0.433 e. The fourth-order valence-electron chi connectivity index (χ4n) is 5.04. The Hall–Kier alpha value is -3.29. The number of hydrogen-bond acceptors (Lipinski definition) is 8. The van der Waals surface area contributed by atoms with Crippen molar-refractivity contribution in [3.8, 4) is 0 Å². The van der Waals surface area contributed by atoms with E-state index in [-0.39, 0.29) is 38.3 Å². The average molecular weight is 563 g/mol. The van der Waals surface area contributed by atoms with Crippen molar-refractivity contribution in [2.24, 2.45) is 0 Å². The number of nitrogens with zero attached hydrogens (tertiary/aromatic N) is 2. The first-order valence-electron chi connectivity index (χ1n) is 13.1. The summed E-state index contributed by atoms with van der Waals surface area (Å²) >= 11 is 0. The minimum absolute atomic E-state index is 0.0159. The summed E-state index contributed by atoms with van der Waals surface area (Å²) in [5.41, 5.74) is 0.383. The highest BCUT2D eigenvalue weighted by Gasteiger charge is 2.47. The molecule has 2 saturated heterocycles. The molecular formula is C26H34N4O8S. The molecule has 2 fully saturated rings. The molecule has 4 rings (SSSR count). The number of hydrogen-bond donors (Lipinski definition) is 2. The number of rotatable bonds is 8. The Kier molecular flexibility index (Phi) is 9.03. The Morgan fingerprint density at radius 3 is 2.46 bits per heavy atom. The van der Waals surface area contributed by atoms with Gasteiger partial charge in [0, 0.05) is 31.3 Å². The third kappa shape index (κ3) is 6.48. The summed E-state index contributed by atoms with van der Waals surface area (Å²) in [4.78, 5) is 53.8.